The average Bonchev–Trinajstić information content (AvgIpc) is 3.17. The summed E-state index contributed by atoms with van der Waals surface area (Å²) in [5, 5.41) is 2.45. The summed E-state index contributed by atoms with van der Waals surface area (Å²) in [6, 6.07) is 14.0. The molecular formula is C24H22O4. The Labute approximate surface area is 164 Å². The Kier molecular flexibility index (Phi) is 4.78. The Morgan fingerprint density at radius 1 is 0.929 bits per heavy atom. The van der Waals surface area contributed by atoms with E-state index in [2.05, 4.69) is 18.2 Å². The van der Waals surface area contributed by atoms with Crippen LogP contribution in [0.5, 0.6) is 17.2 Å². The fourth-order valence-corrected chi connectivity index (χ4v) is 3.95. The molecule has 3 aromatic carbocycles. The van der Waals surface area contributed by atoms with Gasteiger partial charge in [0.05, 0.1) is 21.3 Å². The predicted octanol–water partition coefficient (Wildman–Crippen LogP) is 4.86. The van der Waals surface area contributed by atoms with Crippen LogP contribution in [0.15, 0.2) is 48.5 Å². The number of benzene rings is 3. The van der Waals surface area contributed by atoms with Gasteiger partial charge in [0, 0.05) is 5.56 Å². The van der Waals surface area contributed by atoms with Crippen molar-refractivity contribution in [1.82, 2.24) is 0 Å². The van der Waals surface area contributed by atoms with E-state index < -0.39 is 0 Å². The first-order valence-corrected chi connectivity index (χ1v) is 9.22. The van der Waals surface area contributed by atoms with Crippen molar-refractivity contribution in [3.8, 4) is 17.2 Å². The van der Waals surface area contributed by atoms with E-state index >= 15 is 0 Å². The molecule has 4 rings (SSSR count). The summed E-state index contributed by atoms with van der Waals surface area (Å²) in [4.78, 5) is 12.9. The lowest BCUT2D eigenvalue weighted by Gasteiger charge is -2.12. The molecule has 0 aliphatic heterocycles. The average molecular weight is 374 g/mol. The van der Waals surface area contributed by atoms with Crippen molar-refractivity contribution in [2.24, 2.45) is 0 Å². The number of allylic oxidation sites excluding steroid dienone is 1. The number of aryl methyl sites for hydroxylation is 2. The van der Waals surface area contributed by atoms with Gasteiger partial charge in [-0.05, 0) is 58.5 Å². The van der Waals surface area contributed by atoms with Crippen LogP contribution in [0.2, 0.25) is 0 Å². The number of methoxy groups -OCH3 is 3. The standard InChI is InChI=1S/C24H22O4/c1-26-21-13-15(14-22(27-2)24(21)28-3)7-12-20(25)18-10-8-16-5-4-6-17-9-11-19(18)23(16)17/h4-8,10,12-14H,9,11H2,1-3H3. The highest BCUT2D eigenvalue weighted by atomic mass is 16.5. The van der Waals surface area contributed by atoms with Crippen LogP contribution < -0.4 is 14.2 Å². The number of carbonyl (C=O) groups excluding carboxylic acids is 1. The summed E-state index contributed by atoms with van der Waals surface area (Å²) in [7, 11) is 4.71. The summed E-state index contributed by atoms with van der Waals surface area (Å²) < 4.78 is 16.1. The van der Waals surface area contributed by atoms with Crippen LogP contribution in [0, 0.1) is 0 Å². The van der Waals surface area contributed by atoms with Gasteiger partial charge in [0.15, 0.2) is 17.3 Å². The van der Waals surface area contributed by atoms with Crippen molar-refractivity contribution in [3.63, 3.8) is 0 Å². The topological polar surface area (TPSA) is 44.8 Å². The lowest BCUT2D eigenvalue weighted by molar-refractivity contribution is 0.104. The van der Waals surface area contributed by atoms with Crippen molar-refractivity contribution in [3.05, 3.63) is 70.8 Å². The largest absolute Gasteiger partial charge is 0.493 e. The highest BCUT2D eigenvalue weighted by Gasteiger charge is 2.20. The van der Waals surface area contributed by atoms with Crippen LogP contribution in [0.25, 0.3) is 16.8 Å². The van der Waals surface area contributed by atoms with Crippen LogP contribution in [-0.2, 0) is 12.8 Å². The molecule has 28 heavy (non-hydrogen) atoms. The van der Waals surface area contributed by atoms with Gasteiger partial charge in [-0.25, -0.2) is 0 Å². The maximum atomic E-state index is 12.9. The van der Waals surface area contributed by atoms with E-state index in [9.17, 15) is 4.79 Å². The molecule has 0 aromatic heterocycles. The molecule has 3 aromatic rings. The fourth-order valence-electron chi connectivity index (χ4n) is 3.95. The molecule has 0 atom stereocenters. The molecule has 0 bridgehead atoms. The molecule has 0 N–H and O–H groups in total. The zero-order valence-corrected chi connectivity index (χ0v) is 16.2. The molecule has 0 heterocycles. The second kappa shape index (κ2) is 7.39. The number of ketones is 1. The van der Waals surface area contributed by atoms with Gasteiger partial charge in [-0.1, -0.05) is 36.4 Å². The monoisotopic (exact) mass is 374 g/mol. The molecule has 0 radical (unpaired) electrons. The number of carbonyl (C=O) groups is 1. The molecule has 0 unspecified atom stereocenters. The van der Waals surface area contributed by atoms with E-state index in [-0.39, 0.29) is 5.78 Å². The summed E-state index contributed by atoms with van der Waals surface area (Å²) in [5.41, 5.74) is 4.07. The molecule has 0 spiro atoms. The Morgan fingerprint density at radius 2 is 1.68 bits per heavy atom. The van der Waals surface area contributed by atoms with Crippen molar-refractivity contribution < 1.29 is 19.0 Å². The normalized spacial score (nSPS) is 12.5. The molecule has 0 saturated heterocycles. The van der Waals surface area contributed by atoms with E-state index in [0.717, 1.165) is 29.5 Å². The number of hydrogen-bond acceptors (Lipinski definition) is 4. The third-order valence-electron chi connectivity index (χ3n) is 5.26. The first kappa shape index (κ1) is 18.1. The van der Waals surface area contributed by atoms with Crippen LogP contribution in [0.4, 0.5) is 0 Å². The molecule has 4 nitrogen and oxygen atoms in total. The van der Waals surface area contributed by atoms with E-state index in [1.165, 1.54) is 16.3 Å². The van der Waals surface area contributed by atoms with Gasteiger partial charge in [0.2, 0.25) is 5.75 Å². The van der Waals surface area contributed by atoms with Gasteiger partial charge < -0.3 is 14.2 Å². The third-order valence-corrected chi connectivity index (χ3v) is 5.26. The molecule has 1 aliphatic rings. The highest BCUT2D eigenvalue weighted by molar-refractivity contribution is 6.11. The Hall–Kier alpha value is -3.27. The van der Waals surface area contributed by atoms with E-state index in [1.807, 2.05) is 24.3 Å². The van der Waals surface area contributed by atoms with Gasteiger partial charge in [0.1, 0.15) is 0 Å². The Morgan fingerprint density at radius 3 is 2.36 bits per heavy atom. The van der Waals surface area contributed by atoms with E-state index in [4.69, 9.17) is 14.2 Å². The summed E-state index contributed by atoms with van der Waals surface area (Å²) >= 11 is 0. The minimum atomic E-state index is 0.00218. The maximum Gasteiger partial charge on any atom is 0.203 e. The van der Waals surface area contributed by atoms with Gasteiger partial charge in [-0.15, -0.1) is 0 Å². The molecule has 142 valence electrons. The predicted molar refractivity (Wildman–Crippen MR) is 111 cm³/mol. The molecular weight excluding hydrogens is 352 g/mol. The summed E-state index contributed by atoms with van der Waals surface area (Å²) in [6.45, 7) is 0. The highest BCUT2D eigenvalue weighted by Crippen LogP contribution is 2.38. The minimum absolute atomic E-state index is 0.00218. The van der Waals surface area contributed by atoms with Crippen LogP contribution in [0.1, 0.15) is 27.0 Å². The quantitative estimate of drug-likeness (QED) is 0.457. The van der Waals surface area contributed by atoms with Crippen LogP contribution in [-0.4, -0.2) is 27.1 Å². The first-order valence-electron chi connectivity index (χ1n) is 9.22. The molecule has 1 aliphatic carbocycles. The second-order valence-electron chi connectivity index (χ2n) is 6.76. The van der Waals surface area contributed by atoms with Crippen LogP contribution >= 0.6 is 0 Å². The smallest absolute Gasteiger partial charge is 0.203 e. The zero-order chi connectivity index (χ0) is 19.7. The van der Waals surface area contributed by atoms with E-state index in [1.54, 1.807) is 33.5 Å². The SMILES string of the molecule is COc1cc(C=CC(=O)c2ccc3cccc4c3c2CC4)cc(OC)c1OC. The number of ether oxygens (including phenoxy) is 3. The van der Waals surface area contributed by atoms with Crippen LogP contribution in [0.3, 0.4) is 0 Å². The third kappa shape index (κ3) is 3.01. The molecule has 0 saturated carbocycles. The minimum Gasteiger partial charge on any atom is -0.493 e. The van der Waals surface area contributed by atoms with Gasteiger partial charge in [-0.2, -0.15) is 0 Å². The lowest BCUT2D eigenvalue weighted by atomic mass is 9.97. The molecule has 0 fully saturated rings. The molecule has 4 heteroatoms. The fraction of sp³-hybridized carbons (Fsp3) is 0.208. The van der Waals surface area contributed by atoms with Crippen molar-refractivity contribution in [2.75, 3.05) is 21.3 Å². The zero-order valence-electron chi connectivity index (χ0n) is 16.2. The Balaban J connectivity index is 1.69. The Bertz CT molecular complexity index is 1070. The van der Waals surface area contributed by atoms with Gasteiger partial charge in [0.25, 0.3) is 0 Å². The number of hydrogen-bond donors (Lipinski definition) is 0. The second-order valence-corrected chi connectivity index (χ2v) is 6.76. The van der Waals surface area contributed by atoms with E-state index in [0.29, 0.717) is 17.2 Å². The first-order chi connectivity index (χ1) is 13.7. The van der Waals surface area contributed by atoms with Crippen molar-refractivity contribution in [2.45, 2.75) is 12.8 Å². The summed E-state index contributed by atoms with van der Waals surface area (Å²) in [6.07, 6.45) is 5.30. The van der Waals surface area contributed by atoms with Gasteiger partial charge in [-0.3, -0.25) is 4.79 Å². The van der Waals surface area contributed by atoms with Gasteiger partial charge >= 0.3 is 0 Å². The number of rotatable bonds is 6. The maximum absolute atomic E-state index is 12.9. The molecule has 0 amide bonds. The van der Waals surface area contributed by atoms with Crippen molar-refractivity contribution >= 4 is 22.6 Å². The van der Waals surface area contributed by atoms with Crippen molar-refractivity contribution in [1.29, 1.82) is 0 Å². The lowest BCUT2D eigenvalue weighted by Crippen LogP contribution is -2.00. The summed E-state index contributed by atoms with van der Waals surface area (Å²) in [5.74, 6) is 1.65.